The normalized spacial score (nSPS) is 9.83. The number of nitrogens with zero attached hydrogens (tertiary/aromatic N) is 2. The molecular formula is C7H17N3O2. The van der Waals surface area contributed by atoms with Crippen LogP contribution in [0.25, 0.3) is 0 Å². The van der Waals surface area contributed by atoms with Gasteiger partial charge in [-0.2, -0.15) is 0 Å². The standard InChI is InChI=1S/C7H17N3O2/c1-2-5-10(9-12)6-3-8-4-7-11/h8,11H,2-7H2,1H3. The first-order valence-electron chi connectivity index (χ1n) is 4.25. The lowest BCUT2D eigenvalue weighted by atomic mass is 10.4. The number of nitrogens with one attached hydrogen (secondary N) is 1. The Labute approximate surface area is 72.7 Å². The molecule has 0 unspecified atom stereocenters. The number of rotatable bonds is 8. The summed E-state index contributed by atoms with van der Waals surface area (Å²) in [5.74, 6) is 0. The quantitative estimate of drug-likeness (QED) is 0.309. The summed E-state index contributed by atoms with van der Waals surface area (Å²) < 4.78 is 0. The summed E-state index contributed by atoms with van der Waals surface area (Å²) in [6, 6.07) is 0. The molecule has 0 rings (SSSR count). The van der Waals surface area contributed by atoms with Gasteiger partial charge in [0.1, 0.15) is 0 Å². The summed E-state index contributed by atoms with van der Waals surface area (Å²) in [6.07, 6.45) is 0.922. The van der Waals surface area contributed by atoms with Crippen molar-refractivity contribution < 1.29 is 5.11 Å². The molecule has 72 valence electrons. The molecule has 0 saturated heterocycles. The molecule has 0 aliphatic rings. The molecule has 5 nitrogen and oxygen atoms in total. The summed E-state index contributed by atoms with van der Waals surface area (Å²) in [7, 11) is 0. The smallest absolute Gasteiger partial charge is 0.0555 e. The van der Waals surface area contributed by atoms with E-state index < -0.39 is 0 Å². The monoisotopic (exact) mass is 175 g/mol. The zero-order valence-corrected chi connectivity index (χ0v) is 7.49. The van der Waals surface area contributed by atoms with Crippen LogP contribution in [0.4, 0.5) is 0 Å². The first-order chi connectivity index (χ1) is 5.85. The third kappa shape index (κ3) is 6.06. The van der Waals surface area contributed by atoms with Crippen molar-refractivity contribution in [3.05, 3.63) is 4.91 Å². The fraction of sp³-hybridized carbons (Fsp3) is 1.00. The molecular weight excluding hydrogens is 158 g/mol. The molecule has 0 radical (unpaired) electrons. The lowest BCUT2D eigenvalue weighted by molar-refractivity contribution is 0.266. The molecule has 0 fully saturated rings. The third-order valence-corrected chi connectivity index (χ3v) is 1.43. The number of aliphatic hydroxyl groups is 1. The Morgan fingerprint density at radius 3 is 2.67 bits per heavy atom. The summed E-state index contributed by atoms with van der Waals surface area (Å²) in [5.41, 5.74) is 0. The van der Waals surface area contributed by atoms with E-state index in [0.29, 0.717) is 26.2 Å². The van der Waals surface area contributed by atoms with Crippen molar-refractivity contribution in [3.8, 4) is 0 Å². The Bertz CT molecular complexity index is 111. The fourth-order valence-corrected chi connectivity index (χ4v) is 0.864. The first kappa shape index (κ1) is 11.3. The van der Waals surface area contributed by atoms with Gasteiger partial charge in [0.25, 0.3) is 0 Å². The van der Waals surface area contributed by atoms with Gasteiger partial charge in [-0.25, -0.2) is 0 Å². The lowest BCUT2D eigenvalue weighted by Gasteiger charge is -2.13. The molecule has 0 aliphatic carbocycles. The van der Waals surface area contributed by atoms with Crippen LogP contribution in [-0.4, -0.2) is 42.9 Å². The highest BCUT2D eigenvalue weighted by molar-refractivity contribution is 4.53. The van der Waals surface area contributed by atoms with E-state index in [1.165, 1.54) is 5.01 Å². The Kier molecular flexibility index (Phi) is 7.94. The van der Waals surface area contributed by atoms with E-state index in [1.54, 1.807) is 0 Å². The molecule has 0 heterocycles. The van der Waals surface area contributed by atoms with Gasteiger partial charge in [-0.1, -0.05) is 6.92 Å². The van der Waals surface area contributed by atoms with Gasteiger partial charge in [0.2, 0.25) is 0 Å². The molecule has 0 aromatic rings. The average Bonchev–Trinajstić information content (AvgIpc) is 2.10. The van der Waals surface area contributed by atoms with Crippen LogP contribution in [0.2, 0.25) is 0 Å². The first-order valence-corrected chi connectivity index (χ1v) is 4.25. The Hall–Kier alpha value is -0.680. The number of aliphatic hydroxyl groups excluding tert-OH is 1. The zero-order valence-electron chi connectivity index (χ0n) is 7.49. The minimum Gasteiger partial charge on any atom is -0.395 e. The van der Waals surface area contributed by atoms with Crippen molar-refractivity contribution in [2.75, 3.05) is 32.8 Å². The van der Waals surface area contributed by atoms with Crippen molar-refractivity contribution in [2.24, 2.45) is 5.29 Å². The van der Waals surface area contributed by atoms with Crippen molar-refractivity contribution in [3.63, 3.8) is 0 Å². The van der Waals surface area contributed by atoms with Gasteiger partial charge in [-0.05, 0) is 6.42 Å². The van der Waals surface area contributed by atoms with Crippen LogP contribution < -0.4 is 5.32 Å². The number of hydrogen-bond donors (Lipinski definition) is 2. The van der Waals surface area contributed by atoms with Crippen LogP contribution in [0, 0.1) is 4.91 Å². The number of hydrogen-bond acceptors (Lipinski definition) is 4. The van der Waals surface area contributed by atoms with Crippen LogP contribution in [0.1, 0.15) is 13.3 Å². The topological polar surface area (TPSA) is 64.9 Å². The summed E-state index contributed by atoms with van der Waals surface area (Å²) >= 11 is 0. The molecule has 0 atom stereocenters. The highest BCUT2D eigenvalue weighted by Gasteiger charge is 1.98. The van der Waals surface area contributed by atoms with Gasteiger partial charge in [0.15, 0.2) is 0 Å². The second-order valence-corrected chi connectivity index (χ2v) is 2.51. The van der Waals surface area contributed by atoms with Gasteiger partial charge < -0.3 is 10.4 Å². The highest BCUT2D eigenvalue weighted by atomic mass is 16.3. The van der Waals surface area contributed by atoms with E-state index in [1.807, 2.05) is 6.92 Å². The SMILES string of the molecule is CCCN(CCNCCO)N=O. The van der Waals surface area contributed by atoms with Gasteiger partial charge in [0.05, 0.1) is 18.4 Å². The van der Waals surface area contributed by atoms with Gasteiger partial charge in [-0.3, -0.25) is 5.01 Å². The molecule has 0 amide bonds. The van der Waals surface area contributed by atoms with E-state index in [-0.39, 0.29) is 6.61 Å². The van der Waals surface area contributed by atoms with Crippen molar-refractivity contribution in [1.82, 2.24) is 10.3 Å². The molecule has 0 saturated carbocycles. The summed E-state index contributed by atoms with van der Waals surface area (Å²) in [4.78, 5) is 10.2. The van der Waals surface area contributed by atoms with Crippen LogP contribution in [-0.2, 0) is 0 Å². The van der Waals surface area contributed by atoms with Gasteiger partial charge >= 0.3 is 0 Å². The Morgan fingerprint density at radius 2 is 2.17 bits per heavy atom. The molecule has 0 spiro atoms. The predicted octanol–water partition coefficient (Wildman–Crippen LogP) is -0.0383. The second-order valence-electron chi connectivity index (χ2n) is 2.51. The maximum Gasteiger partial charge on any atom is 0.0555 e. The molecule has 5 heteroatoms. The summed E-state index contributed by atoms with van der Waals surface area (Å²) in [5, 5.41) is 15.7. The van der Waals surface area contributed by atoms with E-state index in [0.717, 1.165) is 6.42 Å². The minimum absolute atomic E-state index is 0.127. The van der Waals surface area contributed by atoms with Gasteiger partial charge in [-0.15, -0.1) is 4.91 Å². The van der Waals surface area contributed by atoms with Crippen molar-refractivity contribution in [2.45, 2.75) is 13.3 Å². The molecule has 0 aliphatic heterocycles. The van der Waals surface area contributed by atoms with Gasteiger partial charge in [0, 0.05) is 19.6 Å². The van der Waals surface area contributed by atoms with Crippen LogP contribution in [0.15, 0.2) is 5.29 Å². The molecule has 2 N–H and O–H groups in total. The average molecular weight is 175 g/mol. The Morgan fingerprint density at radius 1 is 1.42 bits per heavy atom. The van der Waals surface area contributed by atoms with Crippen LogP contribution >= 0.6 is 0 Å². The maximum atomic E-state index is 10.2. The molecule has 0 bridgehead atoms. The van der Waals surface area contributed by atoms with E-state index in [2.05, 4.69) is 10.6 Å². The third-order valence-electron chi connectivity index (χ3n) is 1.43. The maximum absolute atomic E-state index is 10.2. The molecule has 0 aromatic carbocycles. The number of nitroso groups, excluding NO2 is 1. The predicted molar refractivity (Wildman–Crippen MR) is 47.6 cm³/mol. The largest absolute Gasteiger partial charge is 0.395 e. The minimum atomic E-state index is 0.127. The van der Waals surface area contributed by atoms with E-state index in [9.17, 15) is 4.91 Å². The fourth-order valence-electron chi connectivity index (χ4n) is 0.864. The lowest BCUT2D eigenvalue weighted by Crippen LogP contribution is -2.30. The zero-order chi connectivity index (χ0) is 9.23. The molecule has 0 aromatic heterocycles. The summed E-state index contributed by atoms with van der Waals surface area (Å²) in [6.45, 7) is 4.69. The molecule has 12 heavy (non-hydrogen) atoms. The van der Waals surface area contributed by atoms with Crippen LogP contribution in [0.5, 0.6) is 0 Å². The van der Waals surface area contributed by atoms with Crippen molar-refractivity contribution in [1.29, 1.82) is 0 Å². The van der Waals surface area contributed by atoms with Crippen LogP contribution in [0.3, 0.4) is 0 Å². The second kappa shape index (κ2) is 8.42. The van der Waals surface area contributed by atoms with E-state index >= 15 is 0 Å². The van der Waals surface area contributed by atoms with E-state index in [4.69, 9.17) is 5.11 Å². The highest BCUT2D eigenvalue weighted by Crippen LogP contribution is 1.89. The Balaban J connectivity index is 3.25. The van der Waals surface area contributed by atoms with Crippen molar-refractivity contribution >= 4 is 0 Å².